The molecule has 2 nitrogen and oxygen atoms in total. The first-order valence-corrected chi connectivity index (χ1v) is 4.22. The Morgan fingerprint density at radius 2 is 1.57 bits per heavy atom. The van der Waals surface area contributed by atoms with Crippen LogP contribution in [0.2, 0.25) is 0 Å². The highest BCUT2D eigenvalue weighted by Gasteiger charge is 2.12. The van der Waals surface area contributed by atoms with Crippen LogP contribution < -0.4 is 0 Å². The van der Waals surface area contributed by atoms with Gasteiger partial charge in [0.25, 0.3) is 0 Å². The van der Waals surface area contributed by atoms with Crippen molar-refractivity contribution in [2.24, 2.45) is 0 Å². The highest BCUT2D eigenvalue weighted by molar-refractivity contribution is 5.92. The topological polar surface area (TPSA) is 26.3 Å². The Kier molecular flexibility index (Phi) is 4.35. The van der Waals surface area contributed by atoms with E-state index in [0.717, 1.165) is 11.1 Å². The lowest BCUT2D eigenvalue weighted by molar-refractivity contribution is 0.0599. The molecule has 1 aromatic rings. The van der Waals surface area contributed by atoms with Gasteiger partial charge < -0.3 is 4.74 Å². The largest absolute Gasteiger partial charge is 0.465 e. The fourth-order valence-electron chi connectivity index (χ4n) is 1.60. The molecule has 1 aromatic carbocycles. The van der Waals surface area contributed by atoms with Crippen LogP contribution in [0.3, 0.4) is 0 Å². The van der Waals surface area contributed by atoms with Crippen LogP contribution in [0.4, 0.5) is 0 Å². The van der Waals surface area contributed by atoms with Gasteiger partial charge in [-0.05, 0) is 31.9 Å². The van der Waals surface area contributed by atoms with Gasteiger partial charge in [-0.2, -0.15) is 0 Å². The van der Waals surface area contributed by atoms with Crippen molar-refractivity contribution in [3.63, 3.8) is 0 Å². The number of benzene rings is 1. The fraction of sp³-hybridized carbons (Fsp3) is 0.417. The number of carbonyl (C=O) groups excluding carboxylic acids is 1. The van der Waals surface area contributed by atoms with Crippen molar-refractivity contribution in [3.8, 4) is 0 Å². The molecule has 0 aliphatic heterocycles. The van der Waals surface area contributed by atoms with Gasteiger partial charge in [0.05, 0.1) is 12.7 Å². The van der Waals surface area contributed by atoms with Crippen LogP contribution in [0.1, 0.15) is 34.5 Å². The molecule has 0 aliphatic carbocycles. The van der Waals surface area contributed by atoms with Crippen LogP contribution >= 0.6 is 0 Å². The molecule has 0 spiro atoms. The zero-order chi connectivity index (χ0) is 10.0. The van der Waals surface area contributed by atoms with E-state index >= 15 is 0 Å². The molecule has 78 valence electrons. The molecular weight excluding hydrogens is 176 g/mol. The molecule has 0 amide bonds. The van der Waals surface area contributed by atoms with Gasteiger partial charge in [0, 0.05) is 0 Å². The minimum atomic E-state index is -0.255. The zero-order valence-corrected chi connectivity index (χ0v) is 8.47. The smallest absolute Gasteiger partial charge is 0.338 e. The summed E-state index contributed by atoms with van der Waals surface area (Å²) in [5.41, 5.74) is 3.81. The van der Waals surface area contributed by atoms with Gasteiger partial charge in [0.15, 0.2) is 0 Å². The van der Waals surface area contributed by atoms with Gasteiger partial charge in [-0.25, -0.2) is 4.79 Å². The average molecular weight is 194 g/mol. The zero-order valence-electron chi connectivity index (χ0n) is 8.47. The summed E-state index contributed by atoms with van der Waals surface area (Å²) >= 11 is 0. The first-order valence-electron chi connectivity index (χ1n) is 4.22. The molecule has 14 heavy (non-hydrogen) atoms. The molecule has 0 saturated carbocycles. The van der Waals surface area contributed by atoms with E-state index in [2.05, 4.69) is 0 Å². The first kappa shape index (κ1) is 12.7. The lowest BCUT2D eigenvalue weighted by atomic mass is 10.0. The Hall–Kier alpha value is -1.31. The molecule has 2 heteroatoms. The van der Waals surface area contributed by atoms with Crippen LogP contribution in [-0.4, -0.2) is 13.1 Å². The van der Waals surface area contributed by atoms with Crippen molar-refractivity contribution in [2.45, 2.75) is 28.2 Å². The summed E-state index contributed by atoms with van der Waals surface area (Å²) in [4.78, 5) is 11.3. The van der Waals surface area contributed by atoms with Gasteiger partial charge in [0.1, 0.15) is 0 Å². The SMILES string of the molecule is C.COC(=O)c1c(C)cc(C)cc1C. The molecule has 0 bridgehead atoms. The van der Waals surface area contributed by atoms with Gasteiger partial charge in [-0.3, -0.25) is 0 Å². The first-order chi connectivity index (χ1) is 6.06. The van der Waals surface area contributed by atoms with Crippen molar-refractivity contribution >= 4 is 5.97 Å². The van der Waals surface area contributed by atoms with Crippen LogP contribution in [0.5, 0.6) is 0 Å². The molecular formula is C12H18O2. The highest BCUT2D eigenvalue weighted by atomic mass is 16.5. The Balaban J connectivity index is 0.00000169. The predicted octanol–water partition coefficient (Wildman–Crippen LogP) is 3.03. The third-order valence-corrected chi connectivity index (χ3v) is 2.07. The van der Waals surface area contributed by atoms with E-state index in [-0.39, 0.29) is 13.4 Å². The second-order valence-corrected chi connectivity index (χ2v) is 3.27. The molecule has 0 atom stereocenters. The van der Waals surface area contributed by atoms with Crippen LogP contribution in [-0.2, 0) is 4.74 Å². The summed E-state index contributed by atoms with van der Waals surface area (Å²) in [5.74, 6) is -0.255. The van der Waals surface area contributed by atoms with Gasteiger partial charge in [-0.15, -0.1) is 0 Å². The van der Waals surface area contributed by atoms with Crippen LogP contribution in [0.25, 0.3) is 0 Å². The van der Waals surface area contributed by atoms with Crippen molar-refractivity contribution in [1.82, 2.24) is 0 Å². The Labute approximate surface area is 85.9 Å². The summed E-state index contributed by atoms with van der Waals surface area (Å²) in [6, 6.07) is 3.97. The third kappa shape index (κ3) is 2.34. The molecule has 0 aliphatic rings. The second-order valence-electron chi connectivity index (χ2n) is 3.27. The van der Waals surface area contributed by atoms with E-state index in [1.54, 1.807) is 0 Å². The minimum absolute atomic E-state index is 0. The molecule has 0 heterocycles. The minimum Gasteiger partial charge on any atom is -0.465 e. The third-order valence-electron chi connectivity index (χ3n) is 2.07. The molecule has 0 unspecified atom stereocenters. The molecule has 0 radical (unpaired) electrons. The number of esters is 1. The molecule has 0 fully saturated rings. The number of hydrogen-bond acceptors (Lipinski definition) is 2. The van der Waals surface area contributed by atoms with E-state index in [4.69, 9.17) is 4.74 Å². The molecule has 0 N–H and O–H groups in total. The van der Waals surface area contributed by atoms with E-state index in [1.165, 1.54) is 12.7 Å². The number of hydrogen-bond donors (Lipinski definition) is 0. The number of ether oxygens (including phenoxy) is 1. The summed E-state index contributed by atoms with van der Waals surface area (Å²) in [6.45, 7) is 5.86. The van der Waals surface area contributed by atoms with E-state index in [9.17, 15) is 4.79 Å². The van der Waals surface area contributed by atoms with Crippen molar-refractivity contribution in [3.05, 3.63) is 34.4 Å². The molecule has 0 saturated heterocycles. The van der Waals surface area contributed by atoms with E-state index in [1.807, 2.05) is 32.9 Å². The standard InChI is InChI=1S/C11H14O2.CH4/c1-7-5-8(2)10(9(3)6-7)11(12)13-4;/h5-6H,1-4H3;1H4. The van der Waals surface area contributed by atoms with Crippen LogP contribution in [0.15, 0.2) is 12.1 Å². The maximum absolute atomic E-state index is 11.3. The Bertz CT molecular complexity index is 317. The highest BCUT2D eigenvalue weighted by Crippen LogP contribution is 2.16. The maximum Gasteiger partial charge on any atom is 0.338 e. The Morgan fingerprint density at radius 1 is 1.14 bits per heavy atom. The van der Waals surface area contributed by atoms with Gasteiger partial charge >= 0.3 is 5.97 Å². The number of rotatable bonds is 1. The number of carbonyl (C=O) groups is 1. The lowest BCUT2D eigenvalue weighted by Gasteiger charge is -2.08. The average Bonchev–Trinajstić information content (AvgIpc) is 2.02. The van der Waals surface area contributed by atoms with Crippen LogP contribution in [0, 0.1) is 20.8 Å². The summed E-state index contributed by atoms with van der Waals surface area (Å²) < 4.78 is 4.70. The second kappa shape index (κ2) is 4.80. The van der Waals surface area contributed by atoms with Crippen molar-refractivity contribution in [2.75, 3.05) is 7.11 Å². The molecule has 0 aromatic heterocycles. The van der Waals surface area contributed by atoms with Crippen molar-refractivity contribution < 1.29 is 9.53 Å². The van der Waals surface area contributed by atoms with E-state index < -0.39 is 0 Å². The fourth-order valence-corrected chi connectivity index (χ4v) is 1.60. The normalized spacial score (nSPS) is 9.14. The quantitative estimate of drug-likeness (QED) is 0.642. The van der Waals surface area contributed by atoms with Gasteiger partial charge in [0.2, 0.25) is 0 Å². The van der Waals surface area contributed by atoms with E-state index in [0.29, 0.717) is 5.56 Å². The predicted molar refractivity (Wildman–Crippen MR) is 58.7 cm³/mol. The summed E-state index contributed by atoms with van der Waals surface area (Å²) in [7, 11) is 1.40. The number of methoxy groups -OCH3 is 1. The lowest BCUT2D eigenvalue weighted by Crippen LogP contribution is -2.06. The summed E-state index contributed by atoms with van der Waals surface area (Å²) in [6.07, 6.45) is 0. The van der Waals surface area contributed by atoms with Gasteiger partial charge in [-0.1, -0.05) is 25.1 Å². The van der Waals surface area contributed by atoms with Crippen molar-refractivity contribution in [1.29, 1.82) is 0 Å². The molecule has 1 rings (SSSR count). The monoisotopic (exact) mass is 194 g/mol. The Morgan fingerprint density at radius 3 is 1.93 bits per heavy atom. The number of aryl methyl sites for hydroxylation is 3. The maximum atomic E-state index is 11.3. The summed E-state index contributed by atoms with van der Waals surface area (Å²) in [5, 5.41) is 0.